The lowest BCUT2D eigenvalue weighted by Crippen LogP contribution is -2.40. The minimum atomic E-state index is -2.51. The van der Waals surface area contributed by atoms with Crippen LogP contribution in [0.2, 0.25) is 0 Å². The van der Waals surface area contributed by atoms with Crippen molar-refractivity contribution >= 4 is 43.5 Å². The smallest absolute Gasteiger partial charge is 0.545 e. The summed E-state index contributed by atoms with van der Waals surface area (Å²) in [7, 11) is 0. The van der Waals surface area contributed by atoms with Gasteiger partial charge in [-0.05, 0) is 15.2 Å². The second-order valence-corrected chi connectivity index (χ2v) is 7.45. The Morgan fingerprint density at radius 2 is 1.39 bits per heavy atom. The third-order valence-corrected chi connectivity index (χ3v) is 3.38. The maximum Gasteiger partial charge on any atom is 0.545 e. The molecular formula is C6H6Br2N8O7. The minimum Gasteiger partial charge on any atom is -0.594 e. The lowest BCUT2D eigenvalue weighted by molar-refractivity contribution is -0.804. The van der Waals surface area contributed by atoms with E-state index in [9.17, 15) is 30.6 Å². The summed E-state index contributed by atoms with van der Waals surface area (Å²) in [4.78, 5) is 18.6. The molecule has 0 aromatic carbocycles. The van der Waals surface area contributed by atoms with E-state index in [0.717, 1.165) is 13.8 Å². The Morgan fingerprint density at radius 3 is 1.78 bits per heavy atom. The fourth-order valence-corrected chi connectivity index (χ4v) is 0.958. The predicted octanol–water partition coefficient (Wildman–Crippen LogP) is 1.95. The first kappa shape index (κ1) is 18.7. The van der Waals surface area contributed by atoms with Gasteiger partial charge in [0, 0.05) is 15.1 Å². The van der Waals surface area contributed by atoms with Crippen molar-refractivity contribution in [2.45, 2.75) is 23.0 Å². The molecule has 0 aliphatic heterocycles. The van der Waals surface area contributed by atoms with Gasteiger partial charge >= 0.3 is 20.8 Å². The number of hydroxylamine groups is 2. The van der Waals surface area contributed by atoms with Crippen molar-refractivity contribution in [3.63, 3.8) is 0 Å². The van der Waals surface area contributed by atoms with E-state index >= 15 is 0 Å². The van der Waals surface area contributed by atoms with E-state index in [1.807, 2.05) is 0 Å². The van der Waals surface area contributed by atoms with E-state index in [1.165, 1.54) is 0 Å². The Kier molecular flexibility index (Phi) is 5.25. The monoisotopic (exact) mass is 460 g/mol. The Balaban J connectivity index is 3.26. The molecule has 17 heteroatoms. The summed E-state index contributed by atoms with van der Waals surface area (Å²) in [6, 6.07) is 0. The summed E-state index contributed by atoms with van der Waals surface area (Å²) in [6.07, 6.45) is 0. The van der Waals surface area contributed by atoms with Crippen LogP contribution in [0, 0.1) is 30.6 Å². The summed E-state index contributed by atoms with van der Waals surface area (Å²) >= 11 is 4.90. The first-order valence-electron chi connectivity index (χ1n) is 5.28. The highest BCUT2D eigenvalue weighted by molar-refractivity contribution is 9.25. The van der Waals surface area contributed by atoms with Crippen LogP contribution >= 0.6 is 31.9 Å². The van der Waals surface area contributed by atoms with Crippen LogP contribution in [0.1, 0.15) is 13.8 Å². The van der Waals surface area contributed by atoms with Crippen molar-refractivity contribution < 1.29 is 24.2 Å². The molecule has 0 radical (unpaired) electrons. The van der Waals surface area contributed by atoms with Gasteiger partial charge < -0.3 is 10.4 Å². The van der Waals surface area contributed by atoms with Crippen molar-refractivity contribution in [2.24, 2.45) is 10.2 Å². The number of aromatic nitrogens is 2. The topological polar surface area (TPSA) is 202 Å². The number of alkyl halides is 2. The molecule has 0 saturated heterocycles. The average Bonchev–Trinajstić information content (AvgIpc) is 2.85. The van der Waals surface area contributed by atoms with Gasteiger partial charge in [-0.15, -0.1) is 0 Å². The fraction of sp³-hybridized carbons (Fsp3) is 0.667. The predicted molar refractivity (Wildman–Crippen MR) is 74.4 cm³/mol. The molecule has 0 aliphatic carbocycles. The highest BCUT2D eigenvalue weighted by Crippen LogP contribution is 2.31. The van der Waals surface area contributed by atoms with Gasteiger partial charge in [-0.3, -0.25) is 20.2 Å². The van der Waals surface area contributed by atoms with Gasteiger partial charge in [-0.25, -0.2) is 4.63 Å². The first-order chi connectivity index (χ1) is 10.4. The molecule has 0 amide bonds. The van der Waals surface area contributed by atoms with Crippen LogP contribution in [-0.4, -0.2) is 39.0 Å². The van der Waals surface area contributed by atoms with Crippen molar-refractivity contribution in [1.82, 2.24) is 10.3 Å². The van der Waals surface area contributed by atoms with Gasteiger partial charge in [0.2, 0.25) is 0 Å². The van der Waals surface area contributed by atoms with Crippen molar-refractivity contribution in [3.05, 3.63) is 30.6 Å². The lowest BCUT2D eigenvalue weighted by Gasteiger charge is -2.11. The van der Waals surface area contributed by atoms with E-state index in [0.29, 0.717) is 0 Å². The van der Waals surface area contributed by atoms with Crippen molar-refractivity contribution in [1.29, 1.82) is 0 Å². The van der Waals surface area contributed by atoms with Gasteiger partial charge in [0.15, 0.2) is 0 Å². The summed E-state index contributed by atoms with van der Waals surface area (Å²) < 4.78 is 1.70. The van der Waals surface area contributed by atoms with Gasteiger partial charge in [-0.1, -0.05) is 0 Å². The maximum absolute atomic E-state index is 11.7. The van der Waals surface area contributed by atoms with E-state index < -0.39 is 35.5 Å². The largest absolute Gasteiger partial charge is 0.594 e. The third kappa shape index (κ3) is 3.92. The number of rotatable bonds is 6. The third-order valence-electron chi connectivity index (χ3n) is 2.19. The second-order valence-electron chi connectivity index (χ2n) is 4.18. The fourth-order valence-electron chi connectivity index (χ4n) is 0.800. The minimum absolute atomic E-state index is 0.316. The Morgan fingerprint density at radius 1 is 0.957 bits per heavy atom. The highest BCUT2D eigenvalue weighted by atomic mass is 79.9. The Hall–Kier alpha value is -2.30. The standard InChI is InChI=1S/C6H6Br2N8O7/c1-5(2,15(19)20)13(17)9-3-4(12-23-11-3)10-14(18)6(7,8)16(21)22/h1-2H3. The lowest BCUT2D eigenvalue weighted by atomic mass is 10.3. The molecule has 0 spiro atoms. The molecule has 126 valence electrons. The molecule has 15 nitrogen and oxygen atoms in total. The molecule has 0 saturated carbocycles. The average molecular weight is 462 g/mol. The molecule has 1 aromatic rings. The molecule has 23 heavy (non-hydrogen) atoms. The molecule has 0 fully saturated rings. The van der Waals surface area contributed by atoms with Crippen molar-refractivity contribution in [2.75, 3.05) is 0 Å². The Bertz CT molecular complexity index is 640. The highest BCUT2D eigenvalue weighted by Gasteiger charge is 2.49. The number of nitrogens with zero attached hydrogens (tertiary/aromatic N) is 8. The van der Waals surface area contributed by atoms with Crippen LogP contribution in [0.4, 0.5) is 11.6 Å². The molecular weight excluding hydrogens is 456 g/mol. The number of nitro groups is 2. The summed E-state index contributed by atoms with van der Waals surface area (Å²) in [6.45, 7) is 1.92. The van der Waals surface area contributed by atoms with Crippen LogP contribution < -0.4 is 0 Å². The summed E-state index contributed by atoms with van der Waals surface area (Å²) in [5.41, 5.74) is -2.15. The van der Waals surface area contributed by atoms with Crippen LogP contribution in [0.25, 0.3) is 0 Å². The zero-order valence-electron chi connectivity index (χ0n) is 11.2. The van der Waals surface area contributed by atoms with E-state index in [2.05, 4.69) is 57.0 Å². The van der Waals surface area contributed by atoms with Crippen LogP contribution in [0.5, 0.6) is 0 Å². The van der Waals surface area contributed by atoms with Crippen LogP contribution in [-0.2, 0) is 0 Å². The zero-order chi connectivity index (χ0) is 18.0. The van der Waals surface area contributed by atoms with E-state index in [-0.39, 0.29) is 4.86 Å². The van der Waals surface area contributed by atoms with Crippen molar-refractivity contribution in [3.8, 4) is 0 Å². The molecule has 0 N–H and O–H groups in total. The van der Waals surface area contributed by atoms with Gasteiger partial charge in [0.1, 0.15) is 36.8 Å². The van der Waals surface area contributed by atoms with Gasteiger partial charge in [0.05, 0.1) is 18.8 Å². The molecule has 0 bridgehead atoms. The number of azo groups is 2. The number of hydrogen-bond donors (Lipinski definition) is 0. The number of halogens is 2. The number of hydrogen-bond acceptors (Lipinski definition) is 11. The summed E-state index contributed by atoms with van der Waals surface area (Å²) in [5, 5.41) is 57.2. The Labute approximate surface area is 142 Å². The summed E-state index contributed by atoms with van der Waals surface area (Å²) in [5.74, 6) is -1.39. The molecule has 1 heterocycles. The van der Waals surface area contributed by atoms with Crippen LogP contribution in [0.15, 0.2) is 14.9 Å². The van der Waals surface area contributed by atoms with E-state index in [4.69, 9.17) is 0 Å². The first-order valence-corrected chi connectivity index (χ1v) is 6.86. The molecule has 0 aliphatic rings. The van der Waals surface area contributed by atoms with Gasteiger partial charge in [-0.2, -0.15) is 0 Å². The molecule has 0 unspecified atom stereocenters. The normalized spacial score (nSPS) is 13.9. The van der Waals surface area contributed by atoms with E-state index in [1.54, 1.807) is 0 Å². The molecule has 1 rings (SSSR count). The second kappa shape index (κ2) is 6.44. The van der Waals surface area contributed by atoms with Crippen LogP contribution in [0.3, 0.4) is 0 Å². The SMILES string of the molecule is CC(C)([N+](=O)[O-])[N+]([O-])=Nc1nonc1N=[N+]([O-])C(Br)(Br)[N+](=O)[O-]. The maximum atomic E-state index is 11.7. The molecule has 0 atom stereocenters. The van der Waals surface area contributed by atoms with Gasteiger partial charge in [0.25, 0.3) is 0 Å². The quantitative estimate of drug-likeness (QED) is 0.115. The molecule has 1 aromatic heterocycles. The zero-order valence-corrected chi connectivity index (χ0v) is 14.4.